The van der Waals surface area contributed by atoms with Crippen molar-refractivity contribution in [3.8, 4) is 0 Å². The summed E-state index contributed by atoms with van der Waals surface area (Å²) in [5, 5.41) is 1.04. The van der Waals surface area contributed by atoms with Gasteiger partial charge in [-0.1, -0.05) is 18.2 Å². The highest BCUT2D eigenvalue weighted by Gasteiger charge is 2.47. The quantitative estimate of drug-likeness (QED) is 0.725. The largest absolute Gasteiger partial charge is 0.335 e. The molecule has 6 nitrogen and oxygen atoms in total. The van der Waals surface area contributed by atoms with E-state index in [-0.39, 0.29) is 18.0 Å². The molecule has 3 aromatic rings. The number of aromatic nitrogens is 3. The van der Waals surface area contributed by atoms with Crippen LogP contribution in [0.25, 0.3) is 10.9 Å². The smallest absolute Gasteiger partial charge is 0.226 e. The highest BCUT2D eigenvalue weighted by atomic mass is 32.1. The van der Waals surface area contributed by atoms with Crippen molar-refractivity contribution >= 4 is 34.1 Å². The van der Waals surface area contributed by atoms with Gasteiger partial charge < -0.3 is 9.80 Å². The van der Waals surface area contributed by atoms with Crippen LogP contribution in [-0.4, -0.2) is 44.4 Å². The lowest BCUT2D eigenvalue weighted by Gasteiger charge is -2.25. The van der Waals surface area contributed by atoms with Crippen molar-refractivity contribution in [2.45, 2.75) is 31.5 Å². The molecule has 1 aromatic carbocycles. The molecule has 0 bridgehead atoms. The Balaban J connectivity index is 1.42. The van der Waals surface area contributed by atoms with E-state index in [0.29, 0.717) is 13.0 Å². The molecule has 0 radical (unpaired) electrons. The van der Waals surface area contributed by atoms with E-state index in [1.807, 2.05) is 47.1 Å². The molecule has 0 N–H and O–H groups in total. The summed E-state index contributed by atoms with van der Waals surface area (Å²) in [4.78, 5) is 31.3. The average Bonchev–Trinajstić information content (AvgIpc) is 3.34. The van der Waals surface area contributed by atoms with E-state index >= 15 is 0 Å². The van der Waals surface area contributed by atoms with Crippen LogP contribution in [0.4, 0.5) is 5.95 Å². The van der Waals surface area contributed by atoms with Gasteiger partial charge in [-0.3, -0.25) is 9.78 Å². The van der Waals surface area contributed by atoms with Crippen molar-refractivity contribution < 1.29 is 4.79 Å². The molecule has 2 atom stereocenters. The Hall–Kier alpha value is -2.54. The van der Waals surface area contributed by atoms with Gasteiger partial charge in [0.15, 0.2) is 0 Å². The normalized spacial score (nSPS) is 22.8. The Bertz CT molecular complexity index is 928. The second-order valence-electron chi connectivity index (χ2n) is 6.54. The number of carbonyl (C=O) groups is 1. The van der Waals surface area contributed by atoms with Crippen LogP contribution < -0.4 is 4.90 Å². The molecule has 2 aliphatic heterocycles. The maximum absolute atomic E-state index is 12.5. The fraction of sp³-hybridized carbons (Fsp3) is 0.333. The monoisotopic (exact) mass is 351 g/mol. The number of amides is 1. The number of benzene rings is 1. The topological polar surface area (TPSA) is 62.2 Å². The van der Waals surface area contributed by atoms with E-state index in [0.717, 1.165) is 34.7 Å². The maximum Gasteiger partial charge on any atom is 0.226 e. The highest BCUT2D eigenvalue weighted by Crippen LogP contribution is 2.35. The van der Waals surface area contributed by atoms with Gasteiger partial charge in [0, 0.05) is 35.6 Å². The number of rotatable bonds is 3. The molecule has 0 aliphatic carbocycles. The number of hydrogen-bond acceptors (Lipinski definition) is 6. The van der Waals surface area contributed by atoms with Crippen LogP contribution in [0.15, 0.2) is 42.2 Å². The van der Waals surface area contributed by atoms with Crippen molar-refractivity contribution in [3.63, 3.8) is 0 Å². The Kier molecular flexibility index (Phi) is 3.41. The number of likely N-dealkylation sites (tertiary alicyclic amines) is 1. The minimum absolute atomic E-state index is 0.168. The Morgan fingerprint density at radius 3 is 3.00 bits per heavy atom. The highest BCUT2D eigenvalue weighted by molar-refractivity contribution is 7.09. The van der Waals surface area contributed by atoms with Crippen molar-refractivity contribution in [1.29, 1.82) is 0 Å². The summed E-state index contributed by atoms with van der Waals surface area (Å²) in [6.45, 7) is 1.55. The van der Waals surface area contributed by atoms with Gasteiger partial charge in [0.1, 0.15) is 0 Å². The molecule has 5 rings (SSSR count). The van der Waals surface area contributed by atoms with Crippen molar-refractivity contribution in [2.75, 3.05) is 11.4 Å². The molecule has 4 heterocycles. The Morgan fingerprint density at radius 2 is 2.12 bits per heavy atom. The molecule has 2 fully saturated rings. The molecule has 0 spiro atoms. The third kappa shape index (κ3) is 2.46. The second kappa shape index (κ2) is 5.77. The predicted molar refractivity (Wildman–Crippen MR) is 96.4 cm³/mol. The fourth-order valence-corrected chi connectivity index (χ4v) is 4.56. The van der Waals surface area contributed by atoms with Gasteiger partial charge in [0.2, 0.25) is 11.9 Å². The van der Waals surface area contributed by atoms with Gasteiger partial charge in [-0.05, 0) is 12.5 Å². The zero-order chi connectivity index (χ0) is 16.8. The first kappa shape index (κ1) is 14.8. The van der Waals surface area contributed by atoms with Crippen LogP contribution in [0.3, 0.4) is 0 Å². The summed E-state index contributed by atoms with van der Waals surface area (Å²) in [5.74, 6) is 0.951. The first-order valence-electron chi connectivity index (χ1n) is 8.45. The molecule has 0 saturated carbocycles. The standard InChI is InChI=1S/C18H17N5OS/c24-17-7-16-15(23(17)10-13-9-19-11-25-13)5-6-22(16)18-20-8-12-3-1-2-4-14(12)21-18/h1-4,8-9,11,15-16H,5-7,10H2/t15-,16-/m0/s1. The first-order chi connectivity index (χ1) is 12.3. The van der Waals surface area contributed by atoms with Crippen molar-refractivity contribution in [1.82, 2.24) is 19.9 Å². The van der Waals surface area contributed by atoms with Gasteiger partial charge in [-0.2, -0.15) is 0 Å². The molecule has 7 heteroatoms. The molecule has 0 unspecified atom stereocenters. The summed E-state index contributed by atoms with van der Waals surface area (Å²) in [6.07, 6.45) is 5.23. The van der Waals surface area contributed by atoms with Crippen molar-refractivity contribution in [3.05, 3.63) is 47.0 Å². The third-order valence-electron chi connectivity index (χ3n) is 5.16. The minimum atomic E-state index is 0.168. The Morgan fingerprint density at radius 1 is 1.20 bits per heavy atom. The third-order valence-corrected chi connectivity index (χ3v) is 5.92. The van der Waals surface area contributed by atoms with Crippen LogP contribution in [0.2, 0.25) is 0 Å². The zero-order valence-electron chi connectivity index (χ0n) is 13.6. The average molecular weight is 351 g/mol. The Labute approximate surface area is 149 Å². The summed E-state index contributed by atoms with van der Waals surface area (Å²) in [7, 11) is 0. The van der Waals surface area contributed by atoms with Gasteiger partial charge >= 0.3 is 0 Å². The first-order valence-corrected chi connectivity index (χ1v) is 9.33. The zero-order valence-corrected chi connectivity index (χ0v) is 14.4. The molecule has 126 valence electrons. The van der Waals surface area contributed by atoms with Gasteiger partial charge in [0.25, 0.3) is 0 Å². The summed E-state index contributed by atoms with van der Waals surface area (Å²) >= 11 is 1.60. The number of anilines is 1. The minimum Gasteiger partial charge on any atom is -0.335 e. The van der Waals surface area contributed by atoms with Crippen LogP contribution >= 0.6 is 11.3 Å². The van der Waals surface area contributed by atoms with Crippen molar-refractivity contribution in [2.24, 2.45) is 0 Å². The second-order valence-corrected chi connectivity index (χ2v) is 7.51. The number of para-hydroxylation sites is 1. The van der Waals surface area contributed by atoms with E-state index in [4.69, 9.17) is 4.98 Å². The van der Waals surface area contributed by atoms with E-state index in [1.165, 1.54) is 0 Å². The molecule has 2 saturated heterocycles. The number of fused-ring (bicyclic) bond motifs is 2. The maximum atomic E-state index is 12.5. The molecular weight excluding hydrogens is 334 g/mol. The molecule has 2 aromatic heterocycles. The lowest BCUT2D eigenvalue weighted by Crippen LogP contribution is -2.37. The van der Waals surface area contributed by atoms with E-state index < -0.39 is 0 Å². The lowest BCUT2D eigenvalue weighted by molar-refractivity contribution is -0.129. The van der Waals surface area contributed by atoms with Crippen LogP contribution in [0.1, 0.15) is 17.7 Å². The van der Waals surface area contributed by atoms with Crippen LogP contribution in [0, 0.1) is 0 Å². The molecule has 1 amide bonds. The lowest BCUT2D eigenvalue weighted by atomic mass is 10.1. The van der Waals surface area contributed by atoms with Crippen LogP contribution in [0.5, 0.6) is 0 Å². The van der Waals surface area contributed by atoms with E-state index in [2.05, 4.69) is 14.9 Å². The molecule has 25 heavy (non-hydrogen) atoms. The molecule has 2 aliphatic rings. The number of nitrogens with zero attached hydrogens (tertiary/aromatic N) is 5. The number of carbonyl (C=O) groups excluding carboxylic acids is 1. The number of hydrogen-bond donors (Lipinski definition) is 0. The predicted octanol–water partition coefficient (Wildman–Crippen LogP) is 2.47. The van der Waals surface area contributed by atoms with Gasteiger partial charge in [0.05, 0.1) is 29.7 Å². The van der Waals surface area contributed by atoms with Gasteiger partial charge in [-0.25, -0.2) is 9.97 Å². The fourth-order valence-electron chi connectivity index (χ4n) is 3.97. The van der Waals surface area contributed by atoms with E-state index in [9.17, 15) is 4.79 Å². The number of thiazole rings is 1. The van der Waals surface area contributed by atoms with Crippen LogP contribution in [-0.2, 0) is 11.3 Å². The summed E-state index contributed by atoms with van der Waals surface area (Å²) < 4.78 is 0. The summed E-state index contributed by atoms with van der Waals surface area (Å²) in [5.41, 5.74) is 2.76. The van der Waals surface area contributed by atoms with Gasteiger partial charge in [-0.15, -0.1) is 11.3 Å². The SMILES string of the molecule is O=C1C[C@H]2[C@H](CCN2c2ncc3ccccc3n2)N1Cc1cncs1. The van der Waals surface area contributed by atoms with E-state index in [1.54, 1.807) is 11.3 Å². The molecular formula is C18H17N5OS. The summed E-state index contributed by atoms with van der Waals surface area (Å²) in [6, 6.07) is 8.41.